The van der Waals surface area contributed by atoms with E-state index in [1.807, 2.05) is 12.2 Å². The minimum absolute atomic E-state index is 0.0226. The number of carbonyl (C=O) groups excluding carboxylic acids is 2. The number of imide groups is 1. The number of nitrogens with zero attached hydrogens (tertiary/aromatic N) is 3. The summed E-state index contributed by atoms with van der Waals surface area (Å²) in [6.07, 6.45) is 5.87. The Balaban J connectivity index is 1.44. The van der Waals surface area contributed by atoms with Crippen LogP contribution in [0.15, 0.2) is 53.7 Å². The summed E-state index contributed by atoms with van der Waals surface area (Å²) in [5, 5.41) is 25.8. The zero-order valence-corrected chi connectivity index (χ0v) is 18.8. The number of benzene rings is 2. The molecule has 3 aliphatic rings. The van der Waals surface area contributed by atoms with Gasteiger partial charge in [-0.1, -0.05) is 35.9 Å². The highest BCUT2D eigenvalue weighted by atomic mass is 35.5. The maximum absolute atomic E-state index is 12.9. The number of halogens is 1. The first-order valence-electron chi connectivity index (χ1n) is 10.8. The number of aromatic carboxylic acids is 1. The molecular formula is C24H18ClN3O7. The minimum Gasteiger partial charge on any atom is -0.481 e. The number of rotatable bonds is 7. The lowest BCUT2D eigenvalue weighted by Crippen LogP contribution is -2.28. The normalized spacial score (nSPS) is 24.4. The van der Waals surface area contributed by atoms with E-state index in [1.165, 1.54) is 24.3 Å². The molecule has 11 heteroatoms. The number of hydrazone groups is 1. The van der Waals surface area contributed by atoms with Crippen molar-refractivity contribution in [3.8, 4) is 5.75 Å². The number of fused-ring (bicyclic) bond motifs is 5. The number of carbonyl (C=O) groups is 3. The Morgan fingerprint density at radius 3 is 2.51 bits per heavy atom. The largest absolute Gasteiger partial charge is 0.481 e. The number of hydrogen-bond acceptors (Lipinski definition) is 7. The van der Waals surface area contributed by atoms with E-state index in [4.69, 9.17) is 16.3 Å². The van der Waals surface area contributed by atoms with Crippen LogP contribution in [-0.4, -0.2) is 39.0 Å². The molecule has 1 heterocycles. The van der Waals surface area contributed by atoms with E-state index in [1.54, 1.807) is 6.07 Å². The molecule has 2 fully saturated rings. The number of nitro groups is 1. The van der Waals surface area contributed by atoms with Crippen LogP contribution >= 0.6 is 11.6 Å². The van der Waals surface area contributed by atoms with Gasteiger partial charge in [0.1, 0.15) is 6.61 Å². The van der Waals surface area contributed by atoms with E-state index in [-0.39, 0.29) is 40.3 Å². The van der Waals surface area contributed by atoms with E-state index >= 15 is 0 Å². The van der Waals surface area contributed by atoms with Gasteiger partial charge in [0.2, 0.25) is 5.75 Å². The Bertz CT molecular complexity index is 1310. The van der Waals surface area contributed by atoms with Crippen LogP contribution in [0.25, 0.3) is 0 Å². The number of amides is 2. The summed E-state index contributed by atoms with van der Waals surface area (Å²) in [7, 11) is 0. The topological polar surface area (TPSA) is 139 Å². The quantitative estimate of drug-likeness (QED) is 0.203. The van der Waals surface area contributed by atoms with Gasteiger partial charge in [-0.3, -0.25) is 19.7 Å². The molecular weight excluding hydrogens is 478 g/mol. The molecule has 2 bridgehead atoms. The minimum atomic E-state index is -1.12. The Morgan fingerprint density at radius 1 is 1.20 bits per heavy atom. The van der Waals surface area contributed by atoms with Crippen LogP contribution in [0.5, 0.6) is 5.75 Å². The molecule has 1 saturated carbocycles. The van der Waals surface area contributed by atoms with E-state index in [9.17, 15) is 29.6 Å². The van der Waals surface area contributed by atoms with Crippen molar-refractivity contribution in [2.24, 2.45) is 28.8 Å². The lowest BCUT2D eigenvalue weighted by molar-refractivity contribution is -0.385. The second kappa shape index (κ2) is 8.62. The first-order chi connectivity index (χ1) is 16.7. The number of ether oxygens (including phenoxy) is 1. The van der Waals surface area contributed by atoms with Gasteiger partial charge in [0.15, 0.2) is 0 Å². The lowest BCUT2D eigenvalue weighted by Gasteiger charge is -2.13. The molecule has 0 radical (unpaired) electrons. The number of carboxylic acids is 1. The van der Waals surface area contributed by atoms with Gasteiger partial charge >= 0.3 is 11.7 Å². The Labute approximate surface area is 203 Å². The maximum atomic E-state index is 12.9. The summed E-state index contributed by atoms with van der Waals surface area (Å²) >= 11 is 6.07. The second-order valence-corrected chi connectivity index (χ2v) is 9.06. The molecule has 178 valence electrons. The fourth-order valence-corrected chi connectivity index (χ4v) is 5.28. The number of allylic oxidation sites excluding steroid dienone is 2. The molecule has 1 aliphatic heterocycles. The maximum Gasteiger partial charge on any atom is 0.335 e. The second-order valence-electron chi connectivity index (χ2n) is 8.63. The van der Waals surface area contributed by atoms with Crippen molar-refractivity contribution in [1.29, 1.82) is 0 Å². The van der Waals surface area contributed by atoms with Crippen LogP contribution < -0.4 is 4.74 Å². The third-order valence-corrected chi connectivity index (χ3v) is 6.79. The van der Waals surface area contributed by atoms with Crippen molar-refractivity contribution in [2.45, 2.75) is 13.0 Å². The predicted octanol–water partition coefficient (Wildman–Crippen LogP) is 3.67. The molecule has 35 heavy (non-hydrogen) atoms. The third kappa shape index (κ3) is 3.95. The molecule has 4 atom stereocenters. The highest BCUT2D eigenvalue weighted by Gasteiger charge is 2.59. The first kappa shape index (κ1) is 22.7. The molecule has 1 saturated heterocycles. The fourth-order valence-electron chi connectivity index (χ4n) is 5.06. The highest BCUT2D eigenvalue weighted by molar-refractivity contribution is 6.31. The van der Waals surface area contributed by atoms with Gasteiger partial charge in [0.05, 0.1) is 28.5 Å². The molecule has 2 aliphatic carbocycles. The molecule has 0 spiro atoms. The lowest BCUT2D eigenvalue weighted by atomic mass is 9.85. The Morgan fingerprint density at radius 2 is 1.89 bits per heavy atom. The van der Waals surface area contributed by atoms with Gasteiger partial charge in [-0.25, -0.2) is 4.79 Å². The van der Waals surface area contributed by atoms with E-state index in [0.29, 0.717) is 5.56 Å². The average molecular weight is 496 g/mol. The molecule has 1 N–H and O–H groups in total. The van der Waals surface area contributed by atoms with E-state index in [0.717, 1.165) is 23.7 Å². The zero-order chi connectivity index (χ0) is 24.9. The van der Waals surface area contributed by atoms with Crippen LogP contribution in [-0.2, 0) is 16.2 Å². The molecule has 2 aromatic carbocycles. The summed E-state index contributed by atoms with van der Waals surface area (Å²) < 4.78 is 5.71. The Hall–Kier alpha value is -4.05. The van der Waals surface area contributed by atoms with E-state index < -0.39 is 40.2 Å². The van der Waals surface area contributed by atoms with Crippen molar-refractivity contribution in [3.05, 3.63) is 80.4 Å². The summed E-state index contributed by atoms with van der Waals surface area (Å²) in [6.45, 7) is -0.175. The van der Waals surface area contributed by atoms with Crippen molar-refractivity contribution >= 4 is 41.3 Å². The summed E-state index contributed by atoms with van der Waals surface area (Å²) in [4.78, 5) is 48.0. The summed E-state index contributed by atoms with van der Waals surface area (Å²) in [6, 6.07) is 8.44. The van der Waals surface area contributed by atoms with Gasteiger partial charge in [-0.2, -0.15) is 10.1 Å². The molecule has 2 aromatic rings. The van der Waals surface area contributed by atoms with Gasteiger partial charge in [0, 0.05) is 16.7 Å². The monoisotopic (exact) mass is 495 g/mol. The van der Waals surface area contributed by atoms with Crippen LogP contribution in [0.4, 0.5) is 5.69 Å². The van der Waals surface area contributed by atoms with Gasteiger partial charge in [-0.15, -0.1) is 0 Å². The first-order valence-corrected chi connectivity index (χ1v) is 11.2. The van der Waals surface area contributed by atoms with Crippen molar-refractivity contribution < 1.29 is 29.2 Å². The number of hydrogen-bond donors (Lipinski definition) is 1. The van der Waals surface area contributed by atoms with Gasteiger partial charge < -0.3 is 9.84 Å². The third-order valence-electron chi connectivity index (χ3n) is 6.58. The number of nitro benzene ring substituents is 1. The van der Waals surface area contributed by atoms with Crippen molar-refractivity contribution in [2.75, 3.05) is 0 Å². The SMILES string of the molecule is O=C(O)c1cccc(COc2c(C=NN3C(=O)C4C5C=CC(C5)C4C3=O)cc(Cl)cc2[N+](=O)[O-])c1. The van der Waals surface area contributed by atoms with Crippen LogP contribution in [0.1, 0.15) is 27.9 Å². The van der Waals surface area contributed by atoms with Crippen LogP contribution in [0.2, 0.25) is 5.02 Å². The zero-order valence-electron chi connectivity index (χ0n) is 18.0. The van der Waals surface area contributed by atoms with E-state index in [2.05, 4.69) is 5.10 Å². The van der Waals surface area contributed by atoms with Crippen LogP contribution in [0.3, 0.4) is 0 Å². The molecule has 2 amide bonds. The molecule has 5 rings (SSSR count). The fraction of sp³-hybridized carbons (Fsp3) is 0.250. The standard InChI is InChI=1S/C24H18ClN3O7/c25-17-8-16(10-26-27-22(29)19-13-4-5-14(7-13)20(19)23(27)30)21(18(9-17)28(33)34)35-11-12-2-1-3-15(6-12)24(31)32/h1-6,8-10,13-14,19-20H,7,11H2,(H,31,32). The predicted molar refractivity (Wildman–Crippen MR) is 123 cm³/mol. The molecule has 4 unspecified atom stereocenters. The molecule has 0 aromatic heterocycles. The van der Waals surface area contributed by atoms with Gasteiger partial charge in [0.25, 0.3) is 11.8 Å². The smallest absolute Gasteiger partial charge is 0.335 e. The summed E-state index contributed by atoms with van der Waals surface area (Å²) in [5.74, 6) is -2.89. The van der Waals surface area contributed by atoms with Crippen LogP contribution in [0, 0.1) is 33.8 Å². The van der Waals surface area contributed by atoms with Gasteiger partial charge in [-0.05, 0) is 42.0 Å². The number of carboxylic acid groups (broad SMARTS) is 1. The average Bonchev–Trinajstić information content (AvgIpc) is 3.51. The molecule has 10 nitrogen and oxygen atoms in total. The van der Waals surface area contributed by atoms with Crippen molar-refractivity contribution in [1.82, 2.24) is 5.01 Å². The van der Waals surface area contributed by atoms with Crippen molar-refractivity contribution in [3.63, 3.8) is 0 Å². The Kier molecular flexibility index (Phi) is 5.60. The summed E-state index contributed by atoms with van der Waals surface area (Å²) in [5.41, 5.74) is 0.167. The highest BCUT2D eigenvalue weighted by Crippen LogP contribution is 2.52.